The average molecular weight is 269 g/mol. The summed E-state index contributed by atoms with van der Waals surface area (Å²) < 4.78 is 24.7. The molecular formula is C10H15N5O2S. The van der Waals surface area contributed by atoms with Gasteiger partial charge in [-0.2, -0.15) is 5.10 Å². The fourth-order valence-corrected chi connectivity index (χ4v) is 2.00. The normalized spacial score (nSPS) is 11.9. The molecule has 0 unspecified atom stereocenters. The zero-order valence-corrected chi connectivity index (χ0v) is 10.9. The molecule has 8 heteroatoms. The Balaban J connectivity index is 2.94. The van der Waals surface area contributed by atoms with Crippen LogP contribution in [0.25, 0.3) is 0 Å². The summed E-state index contributed by atoms with van der Waals surface area (Å²) in [5.41, 5.74) is 10.9. The Morgan fingerprint density at radius 3 is 2.22 bits per heavy atom. The molecule has 1 aromatic carbocycles. The number of rotatable bonds is 4. The van der Waals surface area contributed by atoms with E-state index in [1.807, 2.05) is 0 Å². The van der Waals surface area contributed by atoms with E-state index in [2.05, 4.69) is 10.2 Å². The van der Waals surface area contributed by atoms with E-state index < -0.39 is 10.0 Å². The molecule has 0 saturated heterocycles. The molecule has 18 heavy (non-hydrogen) atoms. The first-order valence-electron chi connectivity index (χ1n) is 4.98. The van der Waals surface area contributed by atoms with Gasteiger partial charge >= 0.3 is 0 Å². The third-order valence-corrected chi connectivity index (χ3v) is 3.87. The minimum atomic E-state index is -3.41. The highest BCUT2D eigenvalue weighted by atomic mass is 32.2. The first kappa shape index (κ1) is 14.1. The van der Waals surface area contributed by atoms with Crippen molar-refractivity contribution >= 4 is 22.2 Å². The maximum absolute atomic E-state index is 11.8. The highest BCUT2D eigenvalue weighted by Crippen LogP contribution is 2.13. The van der Waals surface area contributed by atoms with E-state index in [1.54, 1.807) is 12.1 Å². The summed E-state index contributed by atoms with van der Waals surface area (Å²) >= 11 is 0. The zero-order valence-electron chi connectivity index (χ0n) is 10.1. The van der Waals surface area contributed by atoms with Crippen LogP contribution in [-0.2, 0) is 10.0 Å². The Bertz CT molecular complexity index is 556. The molecule has 0 aliphatic carbocycles. The Morgan fingerprint density at radius 2 is 1.78 bits per heavy atom. The molecule has 98 valence electrons. The van der Waals surface area contributed by atoms with Crippen molar-refractivity contribution in [1.82, 2.24) is 4.31 Å². The minimum absolute atomic E-state index is 0.141. The maximum Gasteiger partial charge on any atom is 0.242 e. The molecule has 0 radical (unpaired) electrons. The van der Waals surface area contributed by atoms with Gasteiger partial charge in [0.05, 0.1) is 11.1 Å². The highest BCUT2D eigenvalue weighted by molar-refractivity contribution is 7.89. The van der Waals surface area contributed by atoms with Crippen LogP contribution in [0.3, 0.4) is 0 Å². The van der Waals surface area contributed by atoms with E-state index in [0.717, 1.165) is 4.31 Å². The van der Waals surface area contributed by atoms with Crippen LogP contribution in [0.2, 0.25) is 0 Å². The zero-order chi connectivity index (χ0) is 13.8. The van der Waals surface area contributed by atoms with Crippen molar-refractivity contribution in [3.05, 3.63) is 29.8 Å². The van der Waals surface area contributed by atoms with Crippen LogP contribution < -0.4 is 11.5 Å². The number of benzene rings is 1. The van der Waals surface area contributed by atoms with Crippen LogP contribution >= 0.6 is 0 Å². The van der Waals surface area contributed by atoms with Gasteiger partial charge in [-0.1, -0.05) is 12.1 Å². The van der Waals surface area contributed by atoms with Crippen molar-refractivity contribution in [1.29, 1.82) is 0 Å². The molecule has 0 saturated carbocycles. The van der Waals surface area contributed by atoms with Crippen molar-refractivity contribution in [3.63, 3.8) is 0 Å². The summed E-state index contributed by atoms with van der Waals surface area (Å²) in [6, 6.07) is 6.21. The van der Waals surface area contributed by atoms with Gasteiger partial charge in [0, 0.05) is 14.1 Å². The molecule has 7 nitrogen and oxygen atoms in total. The van der Waals surface area contributed by atoms with Gasteiger partial charge in [0.25, 0.3) is 0 Å². The smallest absolute Gasteiger partial charge is 0.242 e. The fraction of sp³-hybridized carbons (Fsp3) is 0.200. The molecule has 0 atom stereocenters. The average Bonchev–Trinajstić information content (AvgIpc) is 2.29. The number of guanidine groups is 1. The highest BCUT2D eigenvalue weighted by Gasteiger charge is 2.16. The van der Waals surface area contributed by atoms with Crippen molar-refractivity contribution in [2.24, 2.45) is 21.7 Å². The second kappa shape index (κ2) is 5.61. The summed E-state index contributed by atoms with van der Waals surface area (Å²) in [6.45, 7) is 0. The van der Waals surface area contributed by atoms with E-state index in [0.29, 0.717) is 5.56 Å². The van der Waals surface area contributed by atoms with E-state index in [-0.39, 0.29) is 10.9 Å². The molecule has 0 heterocycles. The van der Waals surface area contributed by atoms with Crippen LogP contribution in [0.15, 0.2) is 39.4 Å². The summed E-state index contributed by atoms with van der Waals surface area (Å²) in [5, 5.41) is 7.06. The molecule has 0 bridgehead atoms. The number of hydrogen-bond donors (Lipinski definition) is 2. The van der Waals surface area contributed by atoms with Gasteiger partial charge in [-0.25, -0.2) is 12.7 Å². The SMILES string of the molecule is CN(C)S(=O)(=O)c1ccc(C=NN=C(N)N)cc1. The third-order valence-electron chi connectivity index (χ3n) is 2.04. The first-order valence-corrected chi connectivity index (χ1v) is 6.42. The van der Waals surface area contributed by atoms with E-state index in [4.69, 9.17) is 11.5 Å². The Hall–Kier alpha value is -1.93. The molecular weight excluding hydrogens is 254 g/mol. The van der Waals surface area contributed by atoms with Gasteiger partial charge in [-0.15, -0.1) is 5.10 Å². The summed E-state index contributed by atoms with van der Waals surface area (Å²) in [7, 11) is -0.455. The van der Waals surface area contributed by atoms with Gasteiger partial charge in [0.15, 0.2) is 0 Å². The van der Waals surface area contributed by atoms with Crippen LogP contribution in [0.1, 0.15) is 5.56 Å². The van der Waals surface area contributed by atoms with Gasteiger partial charge < -0.3 is 11.5 Å². The molecule has 0 aromatic heterocycles. The predicted molar refractivity (Wildman–Crippen MR) is 70.7 cm³/mol. The van der Waals surface area contributed by atoms with Crippen LogP contribution in [-0.4, -0.2) is 39.0 Å². The lowest BCUT2D eigenvalue weighted by Gasteiger charge is -2.10. The molecule has 0 aliphatic rings. The minimum Gasteiger partial charge on any atom is -0.369 e. The number of nitrogens with two attached hydrogens (primary N) is 2. The lowest BCUT2D eigenvalue weighted by Crippen LogP contribution is -2.22. The number of nitrogens with zero attached hydrogens (tertiary/aromatic N) is 3. The van der Waals surface area contributed by atoms with Crippen LogP contribution in [0.5, 0.6) is 0 Å². The summed E-state index contributed by atoms with van der Waals surface area (Å²) in [6.07, 6.45) is 1.42. The fourth-order valence-electron chi connectivity index (χ4n) is 1.10. The second-order valence-electron chi connectivity index (χ2n) is 3.63. The van der Waals surface area contributed by atoms with Crippen molar-refractivity contribution in [2.45, 2.75) is 4.90 Å². The van der Waals surface area contributed by atoms with Gasteiger partial charge in [-0.3, -0.25) is 0 Å². The standard InChI is InChI=1S/C10H15N5O2S/c1-15(2)18(16,17)9-5-3-8(4-6-9)7-13-14-10(11)12/h3-7H,1-2H3,(H4,11,12,14). The Morgan fingerprint density at radius 1 is 1.22 bits per heavy atom. The summed E-state index contributed by atoms with van der Waals surface area (Å²) in [5.74, 6) is -0.141. The largest absolute Gasteiger partial charge is 0.369 e. The van der Waals surface area contributed by atoms with Crippen molar-refractivity contribution in [2.75, 3.05) is 14.1 Å². The van der Waals surface area contributed by atoms with E-state index >= 15 is 0 Å². The first-order chi connectivity index (χ1) is 8.34. The number of hydrogen-bond acceptors (Lipinski definition) is 4. The molecule has 1 rings (SSSR count). The lowest BCUT2D eigenvalue weighted by molar-refractivity contribution is 0.521. The maximum atomic E-state index is 11.8. The Labute approximate surface area is 106 Å². The predicted octanol–water partition coefficient (Wildman–Crippen LogP) is -0.456. The van der Waals surface area contributed by atoms with Crippen LogP contribution in [0, 0.1) is 0 Å². The topological polar surface area (TPSA) is 114 Å². The third kappa shape index (κ3) is 3.54. The van der Waals surface area contributed by atoms with Gasteiger partial charge in [-0.05, 0) is 17.7 Å². The Kier molecular flexibility index (Phi) is 4.40. The summed E-state index contributed by atoms with van der Waals surface area (Å²) in [4.78, 5) is 0.214. The molecule has 4 N–H and O–H groups in total. The molecule has 0 amide bonds. The quantitative estimate of drug-likeness (QED) is 0.437. The van der Waals surface area contributed by atoms with Crippen molar-refractivity contribution < 1.29 is 8.42 Å². The van der Waals surface area contributed by atoms with Crippen LogP contribution in [0.4, 0.5) is 0 Å². The lowest BCUT2D eigenvalue weighted by atomic mass is 10.2. The molecule has 0 aliphatic heterocycles. The molecule has 0 spiro atoms. The number of sulfonamides is 1. The van der Waals surface area contributed by atoms with Gasteiger partial charge in [0.2, 0.25) is 16.0 Å². The molecule has 1 aromatic rings. The van der Waals surface area contributed by atoms with Gasteiger partial charge in [0.1, 0.15) is 0 Å². The second-order valence-corrected chi connectivity index (χ2v) is 5.78. The monoisotopic (exact) mass is 269 g/mol. The van der Waals surface area contributed by atoms with E-state index in [1.165, 1.54) is 32.4 Å². The molecule has 0 fully saturated rings. The van der Waals surface area contributed by atoms with E-state index in [9.17, 15) is 8.42 Å². The van der Waals surface area contributed by atoms with Crippen molar-refractivity contribution in [3.8, 4) is 0 Å².